The summed E-state index contributed by atoms with van der Waals surface area (Å²) in [5.74, 6) is 0. The molecule has 1 nitrogen and oxygen atoms in total. The van der Waals surface area contributed by atoms with Crippen molar-refractivity contribution in [2.24, 2.45) is 0 Å². The van der Waals surface area contributed by atoms with Crippen molar-refractivity contribution in [1.82, 2.24) is 0 Å². The summed E-state index contributed by atoms with van der Waals surface area (Å²) in [5, 5.41) is 2.56. The van der Waals surface area contributed by atoms with Gasteiger partial charge in [-0.3, -0.25) is 0 Å². The Hall–Kier alpha value is -6.18. The Balaban J connectivity index is 1.20. The lowest BCUT2D eigenvalue weighted by atomic mass is 9.70. The Morgan fingerprint density at radius 3 is 1.46 bits per heavy atom. The molecule has 0 saturated carbocycles. The minimum Gasteiger partial charge on any atom is -0.310 e. The van der Waals surface area contributed by atoms with Gasteiger partial charge in [0.05, 0.1) is 5.41 Å². The molecule has 2 aliphatic carbocycles. The van der Waals surface area contributed by atoms with Gasteiger partial charge in [-0.2, -0.15) is 0 Å². The first-order chi connectivity index (χ1) is 23.8. The molecule has 0 heterocycles. The van der Waals surface area contributed by atoms with E-state index in [1.165, 1.54) is 66.4 Å². The van der Waals surface area contributed by atoms with Crippen LogP contribution in [0.2, 0.25) is 0 Å². The Kier molecular flexibility index (Phi) is 5.86. The zero-order valence-electron chi connectivity index (χ0n) is 26.3. The molecule has 1 heteroatoms. The lowest BCUT2D eigenvalue weighted by molar-refractivity contribution is 0.795. The molecule has 0 amide bonds. The van der Waals surface area contributed by atoms with Crippen molar-refractivity contribution in [1.29, 1.82) is 0 Å². The number of rotatable bonds is 4. The third-order valence-electron chi connectivity index (χ3n) is 10.4. The number of benzene rings is 8. The molecule has 0 bridgehead atoms. The van der Waals surface area contributed by atoms with E-state index in [1.54, 1.807) is 0 Å². The van der Waals surface area contributed by atoms with Crippen LogP contribution in [0.3, 0.4) is 0 Å². The first-order valence-corrected chi connectivity index (χ1v) is 16.7. The third kappa shape index (κ3) is 3.79. The Morgan fingerprint density at radius 2 is 0.771 bits per heavy atom. The monoisotopic (exact) mass is 609 g/mol. The number of para-hydroxylation sites is 1. The van der Waals surface area contributed by atoms with Gasteiger partial charge in [0.15, 0.2) is 0 Å². The van der Waals surface area contributed by atoms with Gasteiger partial charge in [0.25, 0.3) is 0 Å². The van der Waals surface area contributed by atoms with Crippen LogP contribution in [0.1, 0.15) is 22.3 Å². The second-order valence-corrected chi connectivity index (χ2v) is 12.9. The summed E-state index contributed by atoms with van der Waals surface area (Å²) in [6.07, 6.45) is 0. The third-order valence-corrected chi connectivity index (χ3v) is 10.4. The molecule has 48 heavy (non-hydrogen) atoms. The molecular weight excluding hydrogens is 579 g/mol. The van der Waals surface area contributed by atoms with E-state index in [2.05, 4.69) is 193 Å². The standard InChI is InChI=1S/C47H31N/c1-3-13-32(14-4-1)33-23-25-37(26-24-33)48(36-17-5-2-6-18-36)38-27-28-45-42(31-38)40-20-10-12-22-44(40)47(45)43-21-11-9-19-39(43)41-29-34-15-7-8-16-35(34)30-46(41)47/h1-31H. The first kappa shape index (κ1) is 27.0. The predicted molar refractivity (Wildman–Crippen MR) is 200 cm³/mol. The number of hydrogen-bond acceptors (Lipinski definition) is 1. The van der Waals surface area contributed by atoms with Crippen LogP contribution in [0.4, 0.5) is 17.1 Å². The summed E-state index contributed by atoms with van der Waals surface area (Å²) in [7, 11) is 0. The van der Waals surface area contributed by atoms with Gasteiger partial charge in [0, 0.05) is 17.1 Å². The lowest BCUT2D eigenvalue weighted by Crippen LogP contribution is -2.25. The van der Waals surface area contributed by atoms with Crippen LogP contribution in [0.5, 0.6) is 0 Å². The molecule has 8 aromatic carbocycles. The van der Waals surface area contributed by atoms with Crippen LogP contribution < -0.4 is 4.90 Å². The fourth-order valence-corrected chi connectivity index (χ4v) is 8.41. The maximum Gasteiger partial charge on any atom is 0.0725 e. The molecule has 2 aliphatic rings. The molecule has 1 unspecified atom stereocenters. The minimum absolute atomic E-state index is 0.380. The molecule has 8 aromatic rings. The summed E-state index contributed by atoms with van der Waals surface area (Å²) in [4.78, 5) is 2.38. The molecule has 0 aliphatic heterocycles. The van der Waals surface area contributed by atoms with Crippen LogP contribution >= 0.6 is 0 Å². The average Bonchev–Trinajstić information content (AvgIpc) is 3.61. The van der Waals surface area contributed by atoms with E-state index in [4.69, 9.17) is 0 Å². The zero-order valence-corrected chi connectivity index (χ0v) is 26.3. The van der Waals surface area contributed by atoms with E-state index in [-0.39, 0.29) is 5.41 Å². The zero-order chi connectivity index (χ0) is 31.7. The van der Waals surface area contributed by atoms with Gasteiger partial charge in [0.1, 0.15) is 0 Å². The number of nitrogens with zero attached hydrogens (tertiary/aromatic N) is 1. The Bertz CT molecular complexity index is 2500. The van der Waals surface area contributed by atoms with Gasteiger partial charge in [0.2, 0.25) is 0 Å². The van der Waals surface area contributed by atoms with Crippen molar-refractivity contribution >= 4 is 27.8 Å². The van der Waals surface area contributed by atoms with E-state index in [9.17, 15) is 0 Å². The van der Waals surface area contributed by atoms with Crippen molar-refractivity contribution in [3.63, 3.8) is 0 Å². The molecule has 0 radical (unpaired) electrons. The number of anilines is 3. The first-order valence-electron chi connectivity index (χ1n) is 16.7. The van der Waals surface area contributed by atoms with Gasteiger partial charge in [-0.15, -0.1) is 0 Å². The fourth-order valence-electron chi connectivity index (χ4n) is 8.41. The van der Waals surface area contributed by atoms with Crippen LogP contribution in [0.15, 0.2) is 188 Å². The van der Waals surface area contributed by atoms with E-state index in [1.807, 2.05) is 0 Å². The van der Waals surface area contributed by atoms with Crippen molar-refractivity contribution in [3.8, 4) is 33.4 Å². The Morgan fingerprint density at radius 1 is 0.292 bits per heavy atom. The van der Waals surface area contributed by atoms with Crippen LogP contribution in [-0.2, 0) is 5.41 Å². The summed E-state index contributed by atoms with van der Waals surface area (Å²) in [6, 6.07) is 69.1. The van der Waals surface area contributed by atoms with Crippen molar-refractivity contribution in [2.75, 3.05) is 4.90 Å². The van der Waals surface area contributed by atoms with Gasteiger partial charge in [-0.1, -0.05) is 140 Å². The normalized spacial score (nSPS) is 15.2. The maximum absolute atomic E-state index is 2.45. The van der Waals surface area contributed by atoms with Gasteiger partial charge < -0.3 is 4.90 Å². The fraction of sp³-hybridized carbons (Fsp3) is 0.0213. The largest absolute Gasteiger partial charge is 0.310 e. The SMILES string of the molecule is c1ccc(-c2ccc(N(c3ccccc3)c3ccc4c(c3)-c3ccccc3C43c4ccccc4-c4cc5ccccc5cc43)cc2)cc1. The second-order valence-electron chi connectivity index (χ2n) is 12.9. The molecular formula is C47H31N. The number of fused-ring (bicyclic) bond motifs is 11. The average molecular weight is 610 g/mol. The minimum atomic E-state index is -0.380. The molecule has 1 spiro atoms. The molecule has 10 rings (SSSR count). The smallest absolute Gasteiger partial charge is 0.0725 e. The highest BCUT2D eigenvalue weighted by atomic mass is 15.1. The summed E-state index contributed by atoms with van der Waals surface area (Å²) in [6.45, 7) is 0. The quantitative estimate of drug-likeness (QED) is 0.192. The molecule has 0 aromatic heterocycles. The molecule has 224 valence electrons. The van der Waals surface area contributed by atoms with Crippen LogP contribution in [-0.4, -0.2) is 0 Å². The van der Waals surface area contributed by atoms with E-state index >= 15 is 0 Å². The van der Waals surface area contributed by atoms with Crippen molar-refractivity contribution in [2.45, 2.75) is 5.41 Å². The highest BCUT2D eigenvalue weighted by Gasteiger charge is 2.51. The van der Waals surface area contributed by atoms with E-state index in [0.717, 1.165) is 17.1 Å². The van der Waals surface area contributed by atoms with E-state index in [0.29, 0.717) is 0 Å². The second kappa shape index (κ2) is 10.4. The Labute approximate surface area is 281 Å². The molecule has 0 N–H and O–H groups in total. The highest BCUT2D eigenvalue weighted by Crippen LogP contribution is 2.63. The van der Waals surface area contributed by atoms with E-state index < -0.39 is 0 Å². The maximum atomic E-state index is 2.45. The summed E-state index contributed by atoms with van der Waals surface area (Å²) < 4.78 is 0. The summed E-state index contributed by atoms with van der Waals surface area (Å²) >= 11 is 0. The topological polar surface area (TPSA) is 3.24 Å². The highest BCUT2D eigenvalue weighted by molar-refractivity contribution is 6.00. The molecule has 0 saturated heterocycles. The number of hydrogen-bond donors (Lipinski definition) is 0. The predicted octanol–water partition coefficient (Wildman–Crippen LogP) is 12.3. The van der Waals surface area contributed by atoms with Crippen LogP contribution in [0.25, 0.3) is 44.2 Å². The van der Waals surface area contributed by atoms with Crippen molar-refractivity contribution < 1.29 is 0 Å². The summed E-state index contributed by atoms with van der Waals surface area (Å²) in [5.41, 5.74) is 16.2. The van der Waals surface area contributed by atoms with Gasteiger partial charge in [-0.25, -0.2) is 0 Å². The molecule has 0 fully saturated rings. The van der Waals surface area contributed by atoms with Crippen LogP contribution in [0, 0.1) is 0 Å². The van der Waals surface area contributed by atoms with Crippen molar-refractivity contribution in [3.05, 3.63) is 210 Å². The lowest BCUT2D eigenvalue weighted by Gasteiger charge is -2.31. The molecule has 1 atom stereocenters. The van der Waals surface area contributed by atoms with Gasteiger partial charge in [-0.05, 0) is 115 Å². The van der Waals surface area contributed by atoms with Gasteiger partial charge >= 0.3 is 0 Å².